The molecule has 0 bridgehead atoms. The van der Waals surface area contributed by atoms with Gasteiger partial charge in [-0.3, -0.25) is 0 Å². The number of likely N-dealkylation sites (tertiary alicyclic amines) is 1. The second-order valence-electron chi connectivity index (χ2n) is 7.83. The molecule has 0 spiro atoms. The van der Waals surface area contributed by atoms with E-state index < -0.39 is 11.5 Å². The summed E-state index contributed by atoms with van der Waals surface area (Å²) in [4.78, 5) is 6.73. The van der Waals surface area contributed by atoms with E-state index in [2.05, 4.69) is 20.5 Å². The second-order valence-corrected chi connectivity index (χ2v) is 7.83. The monoisotopic (exact) mass is 383 g/mol. The van der Waals surface area contributed by atoms with E-state index in [4.69, 9.17) is 0 Å². The number of piperidine rings is 1. The van der Waals surface area contributed by atoms with Crippen molar-refractivity contribution in [1.82, 2.24) is 14.5 Å². The third-order valence-electron chi connectivity index (χ3n) is 5.93. The Hall–Kier alpha value is -2.28. The van der Waals surface area contributed by atoms with E-state index in [1.54, 1.807) is 12.1 Å². The van der Waals surface area contributed by atoms with Crippen LogP contribution in [0.25, 0.3) is 11.0 Å². The van der Waals surface area contributed by atoms with E-state index in [9.17, 15) is 14.6 Å². The number of aromatic nitrogens is 2. The average molecular weight is 383 g/mol. The number of halogens is 1. The lowest BCUT2D eigenvalue weighted by atomic mass is 9.73. The number of hydrogen-bond acceptors (Lipinski definition) is 4. The van der Waals surface area contributed by atoms with Crippen LogP contribution >= 0.6 is 0 Å². The van der Waals surface area contributed by atoms with Crippen molar-refractivity contribution in [2.24, 2.45) is 5.41 Å². The van der Waals surface area contributed by atoms with Gasteiger partial charge in [0.15, 0.2) is 0 Å². The van der Waals surface area contributed by atoms with Gasteiger partial charge in [0.1, 0.15) is 5.82 Å². The van der Waals surface area contributed by atoms with Crippen LogP contribution in [-0.2, 0) is 13.0 Å². The zero-order valence-electron chi connectivity index (χ0n) is 15.8. The largest absolute Gasteiger partial charge is 0.396 e. The molecule has 0 radical (unpaired) electrons. The summed E-state index contributed by atoms with van der Waals surface area (Å²) in [6.07, 6.45) is 2.43. The summed E-state index contributed by atoms with van der Waals surface area (Å²) in [7, 11) is 0. The molecule has 148 valence electrons. The average Bonchev–Trinajstić information content (AvgIpc) is 3.13. The van der Waals surface area contributed by atoms with E-state index in [0.29, 0.717) is 19.4 Å². The lowest BCUT2D eigenvalue weighted by molar-refractivity contribution is -0.0752. The Labute approximate surface area is 164 Å². The van der Waals surface area contributed by atoms with Gasteiger partial charge < -0.3 is 19.7 Å². The number of nitrogens with zero attached hydrogens (tertiary/aromatic N) is 3. The molecule has 0 saturated carbocycles. The van der Waals surface area contributed by atoms with E-state index >= 15 is 0 Å². The Bertz CT molecular complexity index is 927. The molecule has 2 heterocycles. The third-order valence-corrected chi connectivity index (χ3v) is 5.93. The minimum atomic E-state index is -0.632. The first kappa shape index (κ1) is 19.1. The van der Waals surface area contributed by atoms with Gasteiger partial charge in [-0.1, -0.05) is 24.3 Å². The molecule has 1 fully saturated rings. The van der Waals surface area contributed by atoms with Crippen LogP contribution in [0.15, 0.2) is 54.9 Å². The van der Waals surface area contributed by atoms with Gasteiger partial charge in [-0.15, -0.1) is 0 Å². The highest BCUT2D eigenvalue weighted by atomic mass is 19.1. The molecule has 2 N–H and O–H groups in total. The van der Waals surface area contributed by atoms with Crippen molar-refractivity contribution in [3.63, 3.8) is 0 Å². The van der Waals surface area contributed by atoms with Gasteiger partial charge in [0.05, 0.1) is 30.1 Å². The topological polar surface area (TPSA) is 61.5 Å². The third kappa shape index (κ3) is 3.81. The highest BCUT2D eigenvalue weighted by Crippen LogP contribution is 2.34. The Balaban J connectivity index is 1.46. The fraction of sp³-hybridized carbons (Fsp3) is 0.409. The zero-order chi connectivity index (χ0) is 19.6. The van der Waals surface area contributed by atoms with Gasteiger partial charge in [0.25, 0.3) is 0 Å². The highest BCUT2D eigenvalue weighted by molar-refractivity contribution is 5.74. The number of aliphatic hydroxyl groups is 2. The quantitative estimate of drug-likeness (QED) is 0.687. The minimum Gasteiger partial charge on any atom is -0.396 e. The number of hydrogen-bond donors (Lipinski definition) is 2. The summed E-state index contributed by atoms with van der Waals surface area (Å²) in [6.45, 7) is 2.91. The van der Waals surface area contributed by atoms with Crippen LogP contribution in [0.1, 0.15) is 12.0 Å². The fourth-order valence-corrected chi connectivity index (χ4v) is 4.26. The maximum atomic E-state index is 13.2. The summed E-state index contributed by atoms with van der Waals surface area (Å²) in [5.41, 5.74) is 2.39. The first-order chi connectivity index (χ1) is 13.6. The summed E-state index contributed by atoms with van der Waals surface area (Å²) in [6, 6.07) is 14.4. The van der Waals surface area contributed by atoms with Crippen LogP contribution in [0.4, 0.5) is 4.39 Å². The number of fused-ring (bicyclic) bond motifs is 1. The van der Waals surface area contributed by atoms with Gasteiger partial charge in [-0.25, -0.2) is 9.37 Å². The summed E-state index contributed by atoms with van der Waals surface area (Å²) in [5.74, 6) is -0.278. The predicted molar refractivity (Wildman–Crippen MR) is 106 cm³/mol. The smallest absolute Gasteiger partial charge is 0.123 e. The van der Waals surface area contributed by atoms with Crippen molar-refractivity contribution in [3.05, 3.63) is 66.2 Å². The van der Waals surface area contributed by atoms with Crippen molar-refractivity contribution < 1.29 is 14.6 Å². The molecule has 1 aromatic heterocycles. The summed E-state index contributed by atoms with van der Waals surface area (Å²) in [5, 5.41) is 20.8. The molecule has 3 aromatic rings. The van der Waals surface area contributed by atoms with E-state index in [0.717, 1.165) is 36.2 Å². The summed E-state index contributed by atoms with van der Waals surface area (Å²) >= 11 is 0. The number of para-hydroxylation sites is 2. The number of rotatable bonds is 6. The van der Waals surface area contributed by atoms with Crippen LogP contribution in [0.2, 0.25) is 0 Å². The van der Waals surface area contributed by atoms with Crippen LogP contribution < -0.4 is 0 Å². The lowest BCUT2D eigenvalue weighted by Crippen LogP contribution is -2.55. The normalized spacial score (nSPS) is 23.3. The van der Waals surface area contributed by atoms with Crippen molar-refractivity contribution in [2.75, 3.05) is 26.2 Å². The second kappa shape index (κ2) is 7.99. The molecule has 28 heavy (non-hydrogen) atoms. The van der Waals surface area contributed by atoms with Crippen molar-refractivity contribution in [1.29, 1.82) is 0 Å². The molecule has 5 nitrogen and oxygen atoms in total. The molecule has 1 saturated heterocycles. The van der Waals surface area contributed by atoms with Crippen molar-refractivity contribution in [3.8, 4) is 0 Å². The zero-order valence-corrected chi connectivity index (χ0v) is 15.8. The molecule has 0 unspecified atom stereocenters. The molecule has 6 heteroatoms. The van der Waals surface area contributed by atoms with Gasteiger partial charge >= 0.3 is 0 Å². The van der Waals surface area contributed by atoms with E-state index in [-0.39, 0.29) is 12.4 Å². The van der Waals surface area contributed by atoms with Crippen molar-refractivity contribution >= 4 is 11.0 Å². The molecule has 2 aromatic carbocycles. The number of benzene rings is 2. The maximum absolute atomic E-state index is 13.2. The Morgan fingerprint density at radius 3 is 2.68 bits per heavy atom. The SMILES string of the molecule is OC[C@]1(Cc2ccc(F)cc2)CN(CCn2cnc3ccccc32)CC[C@@H]1O. The van der Waals surface area contributed by atoms with Crippen LogP contribution in [0.5, 0.6) is 0 Å². The Morgan fingerprint density at radius 1 is 1.11 bits per heavy atom. The fourth-order valence-electron chi connectivity index (χ4n) is 4.26. The van der Waals surface area contributed by atoms with Gasteiger partial charge in [-0.05, 0) is 42.7 Å². The molecular formula is C22H26FN3O2. The number of imidazole rings is 1. The number of aliphatic hydroxyl groups excluding tert-OH is 2. The van der Waals surface area contributed by atoms with Crippen LogP contribution in [0, 0.1) is 11.2 Å². The first-order valence-corrected chi connectivity index (χ1v) is 9.75. The Morgan fingerprint density at radius 2 is 1.89 bits per heavy atom. The van der Waals surface area contributed by atoms with Crippen LogP contribution in [-0.4, -0.2) is 57.0 Å². The first-order valence-electron chi connectivity index (χ1n) is 9.75. The summed E-state index contributed by atoms with van der Waals surface area (Å²) < 4.78 is 15.4. The maximum Gasteiger partial charge on any atom is 0.123 e. The predicted octanol–water partition coefficient (Wildman–Crippen LogP) is 2.46. The molecule has 4 rings (SSSR count). The lowest BCUT2D eigenvalue weighted by Gasteiger charge is -2.45. The van der Waals surface area contributed by atoms with Crippen LogP contribution in [0.3, 0.4) is 0 Å². The van der Waals surface area contributed by atoms with Gasteiger partial charge in [-0.2, -0.15) is 0 Å². The Kier molecular flexibility index (Phi) is 5.44. The molecule has 1 aliphatic rings. The minimum absolute atomic E-state index is 0.101. The molecule has 2 atom stereocenters. The molecule has 1 aliphatic heterocycles. The van der Waals surface area contributed by atoms with Gasteiger partial charge in [0, 0.05) is 31.6 Å². The standard InChI is InChI=1S/C22H26FN3O2/c23-18-7-5-17(6-8-18)13-22(15-27)14-25(10-9-21(22)28)11-12-26-16-24-19-3-1-2-4-20(19)26/h1-8,16,21,27-28H,9-15H2/t21-,22-/m0/s1. The van der Waals surface area contributed by atoms with Gasteiger partial charge in [0.2, 0.25) is 0 Å². The molecular weight excluding hydrogens is 357 g/mol. The highest BCUT2D eigenvalue weighted by Gasteiger charge is 2.42. The van der Waals surface area contributed by atoms with E-state index in [1.165, 1.54) is 12.1 Å². The van der Waals surface area contributed by atoms with E-state index in [1.807, 2.05) is 24.5 Å². The van der Waals surface area contributed by atoms with Crippen molar-refractivity contribution in [2.45, 2.75) is 25.5 Å². The molecule has 0 amide bonds. The molecule has 0 aliphatic carbocycles.